The van der Waals surface area contributed by atoms with Crippen LogP contribution in [0.4, 0.5) is 0 Å². The second-order valence-corrected chi connectivity index (χ2v) is 4.86. The maximum Gasteiger partial charge on any atom is 0.224 e. The molecule has 1 aromatic rings. The van der Waals surface area contributed by atoms with Crippen molar-refractivity contribution in [3.63, 3.8) is 0 Å². The third-order valence-corrected chi connectivity index (χ3v) is 3.01. The molecule has 1 amide bonds. The lowest BCUT2D eigenvalue weighted by Gasteiger charge is -2.09. The van der Waals surface area contributed by atoms with Gasteiger partial charge >= 0.3 is 0 Å². The van der Waals surface area contributed by atoms with E-state index in [1.165, 1.54) is 0 Å². The first kappa shape index (κ1) is 18.2. The number of halogens is 2. The number of ether oxygens (including phenoxy) is 1. The number of carbonyl (C=O) groups excluding carboxylic acids is 1. The maximum atomic E-state index is 11.8. The third kappa shape index (κ3) is 6.80. The molecule has 1 aromatic carbocycles. The largest absolute Gasteiger partial charge is 0.496 e. The summed E-state index contributed by atoms with van der Waals surface area (Å²) in [4.78, 5) is 11.8. The summed E-state index contributed by atoms with van der Waals surface area (Å²) in [6.45, 7) is 1.59. The molecule has 108 valence electrons. The molecule has 2 N–H and O–H groups in total. The quantitative estimate of drug-likeness (QED) is 0.740. The Labute approximate surface area is 128 Å². The zero-order valence-corrected chi connectivity index (χ0v) is 13.6. The molecule has 0 fully saturated rings. The fourth-order valence-electron chi connectivity index (χ4n) is 1.61. The predicted molar refractivity (Wildman–Crippen MR) is 83.2 cm³/mol. The van der Waals surface area contributed by atoms with E-state index in [1.54, 1.807) is 7.11 Å². The number of rotatable bonds is 7. The number of hydrogen-bond acceptors (Lipinski definition) is 3. The Kier molecular flexibility index (Phi) is 9.65. The lowest BCUT2D eigenvalue weighted by Crippen LogP contribution is -2.28. The van der Waals surface area contributed by atoms with Gasteiger partial charge in [-0.25, -0.2) is 0 Å². The first-order valence-electron chi connectivity index (χ1n) is 5.91. The fraction of sp³-hybridized carbons (Fsp3) is 0.462. The van der Waals surface area contributed by atoms with Crippen molar-refractivity contribution in [1.82, 2.24) is 10.6 Å². The second-order valence-electron chi connectivity index (χ2n) is 3.94. The average Bonchev–Trinajstić information content (AvgIpc) is 2.35. The highest BCUT2D eigenvalue weighted by molar-refractivity contribution is 9.10. The first-order valence-corrected chi connectivity index (χ1v) is 6.70. The van der Waals surface area contributed by atoms with Crippen LogP contribution in [0.5, 0.6) is 5.75 Å². The Morgan fingerprint density at radius 1 is 1.37 bits per heavy atom. The molecule has 0 heterocycles. The van der Waals surface area contributed by atoms with Crippen molar-refractivity contribution in [2.75, 3.05) is 27.2 Å². The molecular formula is C13H20BrClN2O2. The zero-order chi connectivity index (χ0) is 13.4. The second kappa shape index (κ2) is 10.1. The number of nitrogens with one attached hydrogen (secondary N) is 2. The Hall–Kier alpha value is -0.780. The van der Waals surface area contributed by atoms with Gasteiger partial charge in [-0.3, -0.25) is 4.79 Å². The third-order valence-electron chi connectivity index (χ3n) is 2.52. The molecule has 0 aliphatic rings. The molecule has 0 spiro atoms. The molecule has 0 atom stereocenters. The van der Waals surface area contributed by atoms with Gasteiger partial charge in [0.25, 0.3) is 0 Å². The summed E-state index contributed by atoms with van der Waals surface area (Å²) in [6, 6.07) is 5.66. The van der Waals surface area contributed by atoms with E-state index in [4.69, 9.17) is 4.74 Å². The van der Waals surface area contributed by atoms with Crippen LogP contribution >= 0.6 is 28.3 Å². The molecule has 4 nitrogen and oxygen atoms in total. The van der Waals surface area contributed by atoms with E-state index < -0.39 is 0 Å². The molecule has 0 aliphatic carbocycles. The van der Waals surface area contributed by atoms with Crippen LogP contribution in [0.1, 0.15) is 12.0 Å². The Morgan fingerprint density at radius 2 is 2.11 bits per heavy atom. The van der Waals surface area contributed by atoms with E-state index in [1.807, 2.05) is 25.2 Å². The van der Waals surface area contributed by atoms with Crippen LogP contribution in [-0.2, 0) is 11.2 Å². The summed E-state index contributed by atoms with van der Waals surface area (Å²) in [5.41, 5.74) is 0.887. The van der Waals surface area contributed by atoms with Crippen LogP contribution in [0.15, 0.2) is 22.7 Å². The van der Waals surface area contributed by atoms with Crippen molar-refractivity contribution in [2.24, 2.45) is 0 Å². The molecule has 0 saturated carbocycles. The van der Waals surface area contributed by atoms with Crippen molar-refractivity contribution < 1.29 is 9.53 Å². The van der Waals surface area contributed by atoms with E-state index >= 15 is 0 Å². The lowest BCUT2D eigenvalue weighted by molar-refractivity contribution is -0.120. The minimum absolute atomic E-state index is 0. The van der Waals surface area contributed by atoms with Crippen molar-refractivity contribution in [3.8, 4) is 5.75 Å². The van der Waals surface area contributed by atoms with Gasteiger partial charge in [-0.2, -0.15) is 0 Å². The molecule has 0 saturated heterocycles. The van der Waals surface area contributed by atoms with Gasteiger partial charge in [-0.15, -0.1) is 12.4 Å². The first-order chi connectivity index (χ1) is 8.67. The Morgan fingerprint density at radius 3 is 2.74 bits per heavy atom. The van der Waals surface area contributed by atoms with Crippen LogP contribution in [0.2, 0.25) is 0 Å². The molecule has 0 bridgehead atoms. The molecule has 0 aliphatic heterocycles. The van der Waals surface area contributed by atoms with E-state index in [0.29, 0.717) is 13.0 Å². The van der Waals surface area contributed by atoms with Gasteiger partial charge in [-0.05, 0) is 38.2 Å². The summed E-state index contributed by atoms with van der Waals surface area (Å²) in [7, 11) is 3.51. The van der Waals surface area contributed by atoms with Crippen LogP contribution in [0, 0.1) is 0 Å². The van der Waals surface area contributed by atoms with Crippen LogP contribution < -0.4 is 15.4 Å². The van der Waals surface area contributed by atoms with Crippen LogP contribution in [-0.4, -0.2) is 33.2 Å². The Balaban J connectivity index is 0.00000324. The van der Waals surface area contributed by atoms with Gasteiger partial charge < -0.3 is 15.4 Å². The zero-order valence-electron chi connectivity index (χ0n) is 11.2. The SMILES string of the molecule is CNCCCNC(=O)Cc1cc(Br)ccc1OC.Cl. The van der Waals surface area contributed by atoms with Crippen LogP contribution in [0.25, 0.3) is 0 Å². The van der Waals surface area contributed by atoms with E-state index in [-0.39, 0.29) is 18.3 Å². The monoisotopic (exact) mass is 350 g/mol. The summed E-state index contributed by atoms with van der Waals surface area (Å²) < 4.78 is 6.18. The van der Waals surface area contributed by atoms with Gasteiger partial charge in [0.1, 0.15) is 5.75 Å². The predicted octanol–water partition coefficient (Wildman–Crippen LogP) is 2.15. The number of hydrogen-bond donors (Lipinski definition) is 2. The number of amides is 1. The summed E-state index contributed by atoms with van der Waals surface area (Å²) in [6.07, 6.45) is 1.26. The van der Waals surface area contributed by atoms with Gasteiger partial charge in [-0.1, -0.05) is 15.9 Å². The van der Waals surface area contributed by atoms with Gasteiger partial charge in [0.2, 0.25) is 5.91 Å². The van der Waals surface area contributed by atoms with Gasteiger partial charge in [0, 0.05) is 16.6 Å². The van der Waals surface area contributed by atoms with Gasteiger partial charge in [0.15, 0.2) is 0 Å². The highest BCUT2D eigenvalue weighted by atomic mass is 79.9. The maximum absolute atomic E-state index is 11.8. The molecule has 0 unspecified atom stereocenters. The molecule has 0 radical (unpaired) electrons. The van der Waals surface area contributed by atoms with E-state index in [9.17, 15) is 4.79 Å². The standard InChI is InChI=1S/C13H19BrN2O2.ClH/c1-15-6-3-7-16-13(17)9-10-8-11(14)4-5-12(10)18-2;/h4-5,8,15H,3,6-7,9H2,1-2H3,(H,16,17);1H. The summed E-state index contributed by atoms with van der Waals surface area (Å²) >= 11 is 3.39. The molecule has 6 heteroatoms. The highest BCUT2D eigenvalue weighted by Crippen LogP contribution is 2.23. The van der Waals surface area contributed by atoms with Gasteiger partial charge in [0.05, 0.1) is 13.5 Å². The lowest BCUT2D eigenvalue weighted by atomic mass is 10.1. The minimum Gasteiger partial charge on any atom is -0.496 e. The fourth-order valence-corrected chi connectivity index (χ4v) is 2.02. The van der Waals surface area contributed by atoms with Crippen molar-refractivity contribution in [3.05, 3.63) is 28.2 Å². The molecule has 0 aromatic heterocycles. The normalized spacial score (nSPS) is 9.63. The molecule has 1 rings (SSSR count). The number of methoxy groups -OCH3 is 1. The number of benzene rings is 1. The minimum atomic E-state index is 0. The molecular weight excluding hydrogens is 332 g/mol. The topological polar surface area (TPSA) is 50.4 Å². The van der Waals surface area contributed by atoms with Crippen molar-refractivity contribution in [2.45, 2.75) is 12.8 Å². The summed E-state index contributed by atoms with van der Waals surface area (Å²) in [5, 5.41) is 5.93. The smallest absolute Gasteiger partial charge is 0.224 e. The van der Waals surface area contributed by atoms with E-state index in [2.05, 4.69) is 26.6 Å². The Bertz CT molecular complexity index is 402. The molecule has 19 heavy (non-hydrogen) atoms. The number of carbonyl (C=O) groups is 1. The van der Waals surface area contributed by atoms with Crippen molar-refractivity contribution in [1.29, 1.82) is 0 Å². The van der Waals surface area contributed by atoms with Crippen LogP contribution in [0.3, 0.4) is 0 Å². The summed E-state index contributed by atoms with van der Waals surface area (Å²) in [5.74, 6) is 0.756. The average molecular weight is 352 g/mol. The van der Waals surface area contributed by atoms with E-state index in [0.717, 1.165) is 28.8 Å². The highest BCUT2D eigenvalue weighted by Gasteiger charge is 2.08. The van der Waals surface area contributed by atoms with Crippen molar-refractivity contribution >= 4 is 34.2 Å².